The third-order valence-electron chi connectivity index (χ3n) is 2.55. The first-order chi connectivity index (χ1) is 9.47. The third-order valence-corrected chi connectivity index (χ3v) is 2.55. The molecular formula is C11H13F2N5O2. The number of rotatable bonds is 4. The van der Waals surface area contributed by atoms with Gasteiger partial charge in [0.2, 0.25) is 0 Å². The van der Waals surface area contributed by atoms with E-state index in [0.29, 0.717) is 10.3 Å². The molecule has 0 saturated heterocycles. The van der Waals surface area contributed by atoms with Crippen LogP contribution >= 0.6 is 0 Å². The average molecular weight is 285 g/mol. The minimum atomic E-state index is -2.69. The molecule has 0 atom stereocenters. The highest BCUT2D eigenvalue weighted by Gasteiger charge is 2.17. The van der Waals surface area contributed by atoms with Crippen LogP contribution < -0.4 is 5.32 Å². The highest BCUT2D eigenvalue weighted by atomic mass is 19.3. The van der Waals surface area contributed by atoms with E-state index in [1.807, 2.05) is 0 Å². The van der Waals surface area contributed by atoms with Crippen molar-refractivity contribution in [2.24, 2.45) is 0 Å². The van der Waals surface area contributed by atoms with Crippen molar-refractivity contribution in [3.8, 4) is 0 Å². The van der Waals surface area contributed by atoms with Gasteiger partial charge in [-0.05, 0) is 6.92 Å². The summed E-state index contributed by atoms with van der Waals surface area (Å²) in [5.74, 6) is 0.904. The molecule has 2 aromatic heterocycles. The summed E-state index contributed by atoms with van der Waals surface area (Å²) < 4.78 is 30.8. The molecule has 0 saturated carbocycles. The Balaban J connectivity index is 1.98. The molecule has 0 bridgehead atoms. The number of hydrogen-bond donors (Lipinski definition) is 1. The van der Waals surface area contributed by atoms with Gasteiger partial charge in [0.25, 0.3) is 0 Å². The first-order valence-electron chi connectivity index (χ1n) is 5.72. The van der Waals surface area contributed by atoms with E-state index in [4.69, 9.17) is 4.52 Å². The van der Waals surface area contributed by atoms with Crippen LogP contribution in [0.25, 0.3) is 0 Å². The number of carbonyl (C=O) groups is 1. The van der Waals surface area contributed by atoms with Gasteiger partial charge in [0.1, 0.15) is 11.6 Å². The van der Waals surface area contributed by atoms with Gasteiger partial charge < -0.3 is 9.42 Å². The summed E-state index contributed by atoms with van der Waals surface area (Å²) in [6.07, 6.45) is 2.42. The van der Waals surface area contributed by atoms with Crippen molar-refractivity contribution in [3.05, 3.63) is 30.0 Å². The normalized spacial score (nSPS) is 10.8. The molecular weight excluding hydrogens is 272 g/mol. The SMILES string of the molecule is Cc1cc(NC(=O)N(C)Cc2nccn2C(F)F)no1. The maximum absolute atomic E-state index is 12.6. The van der Waals surface area contributed by atoms with E-state index >= 15 is 0 Å². The van der Waals surface area contributed by atoms with Gasteiger partial charge in [-0.15, -0.1) is 0 Å². The smallest absolute Gasteiger partial charge is 0.323 e. The molecule has 2 aromatic rings. The lowest BCUT2D eigenvalue weighted by atomic mass is 10.5. The molecule has 108 valence electrons. The summed E-state index contributed by atoms with van der Waals surface area (Å²) in [5, 5.41) is 6.09. The van der Waals surface area contributed by atoms with Crippen LogP contribution in [0, 0.1) is 6.92 Å². The number of imidazole rings is 1. The van der Waals surface area contributed by atoms with Crippen LogP contribution in [0.3, 0.4) is 0 Å². The summed E-state index contributed by atoms with van der Waals surface area (Å²) in [4.78, 5) is 16.8. The summed E-state index contributed by atoms with van der Waals surface area (Å²) in [6.45, 7) is -1.06. The fraction of sp³-hybridized carbons (Fsp3) is 0.364. The molecule has 20 heavy (non-hydrogen) atoms. The molecule has 2 heterocycles. The molecule has 0 radical (unpaired) electrons. The zero-order valence-electron chi connectivity index (χ0n) is 10.9. The Morgan fingerprint density at radius 1 is 1.60 bits per heavy atom. The summed E-state index contributed by atoms with van der Waals surface area (Å²) in [5.41, 5.74) is 0. The van der Waals surface area contributed by atoms with Gasteiger partial charge >= 0.3 is 12.6 Å². The van der Waals surface area contributed by atoms with Gasteiger partial charge in [-0.2, -0.15) is 8.78 Å². The second-order valence-corrected chi connectivity index (χ2v) is 4.14. The minimum Gasteiger partial charge on any atom is -0.360 e. The second kappa shape index (κ2) is 5.68. The van der Waals surface area contributed by atoms with Crippen molar-refractivity contribution in [3.63, 3.8) is 0 Å². The summed E-state index contributed by atoms with van der Waals surface area (Å²) in [7, 11) is 1.47. The van der Waals surface area contributed by atoms with E-state index in [-0.39, 0.29) is 18.2 Å². The first kappa shape index (κ1) is 14.0. The number of anilines is 1. The number of aryl methyl sites for hydroxylation is 1. The van der Waals surface area contributed by atoms with Crippen LogP contribution in [0.5, 0.6) is 0 Å². The molecule has 0 aromatic carbocycles. The maximum Gasteiger partial charge on any atom is 0.323 e. The lowest BCUT2D eigenvalue weighted by molar-refractivity contribution is 0.0652. The largest absolute Gasteiger partial charge is 0.360 e. The Morgan fingerprint density at radius 2 is 2.35 bits per heavy atom. The fourth-order valence-corrected chi connectivity index (χ4v) is 1.56. The monoisotopic (exact) mass is 285 g/mol. The van der Waals surface area contributed by atoms with E-state index in [2.05, 4.69) is 15.5 Å². The topological polar surface area (TPSA) is 76.2 Å². The standard InChI is InChI=1S/C11H13F2N5O2/c1-7-5-8(16-20-7)15-11(19)17(2)6-9-14-3-4-18(9)10(12)13/h3-5,10H,6H2,1-2H3,(H,15,16,19). The van der Waals surface area contributed by atoms with Crippen molar-refractivity contribution in [2.75, 3.05) is 12.4 Å². The number of nitrogens with one attached hydrogen (secondary N) is 1. The van der Waals surface area contributed by atoms with Crippen molar-refractivity contribution in [2.45, 2.75) is 20.0 Å². The number of alkyl halides is 2. The van der Waals surface area contributed by atoms with Gasteiger partial charge in [-0.25, -0.2) is 9.78 Å². The van der Waals surface area contributed by atoms with E-state index in [9.17, 15) is 13.6 Å². The Bertz CT molecular complexity index is 595. The molecule has 0 aliphatic rings. The molecule has 0 fully saturated rings. The average Bonchev–Trinajstić information content (AvgIpc) is 2.98. The predicted octanol–water partition coefficient (Wildman–Crippen LogP) is 2.24. The van der Waals surface area contributed by atoms with E-state index < -0.39 is 12.6 Å². The quantitative estimate of drug-likeness (QED) is 0.934. The Morgan fingerprint density at radius 3 is 2.95 bits per heavy atom. The highest BCUT2D eigenvalue weighted by molar-refractivity contribution is 5.87. The summed E-state index contributed by atoms with van der Waals surface area (Å²) >= 11 is 0. The van der Waals surface area contributed by atoms with Crippen molar-refractivity contribution in [1.82, 2.24) is 19.6 Å². The van der Waals surface area contributed by atoms with Crippen molar-refractivity contribution < 1.29 is 18.1 Å². The number of halogens is 2. The molecule has 0 aliphatic heterocycles. The minimum absolute atomic E-state index is 0.0555. The number of aromatic nitrogens is 3. The van der Waals surface area contributed by atoms with Crippen LogP contribution in [0.15, 0.2) is 23.0 Å². The van der Waals surface area contributed by atoms with Gasteiger partial charge in [-0.3, -0.25) is 9.88 Å². The van der Waals surface area contributed by atoms with Crippen molar-refractivity contribution in [1.29, 1.82) is 0 Å². The first-order valence-corrected chi connectivity index (χ1v) is 5.72. The van der Waals surface area contributed by atoms with Gasteiger partial charge in [0, 0.05) is 25.5 Å². The van der Waals surface area contributed by atoms with Gasteiger partial charge in [-0.1, -0.05) is 5.16 Å². The Kier molecular flexibility index (Phi) is 3.97. The molecule has 7 nitrogen and oxygen atoms in total. The highest BCUT2D eigenvalue weighted by Crippen LogP contribution is 2.14. The lowest BCUT2D eigenvalue weighted by Crippen LogP contribution is -2.32. The lowest BCUT2D eigenvalue weighted by Gasteiger charge is -2.17. The molecule has 1 N–H and O–H groups in total. The number of carbonyl (C=O) groups excluding carboxylic acids is 1. The zero-order valence-corrected chi connectivity index (χ0v) is 10.9. The maximum atomic E-state index is 12.6. The molecule has 2 amide bonds. The molecule has 2 rings (SSSR count). The molecule has 0 spiro atoms. The zero-order chi connectivity index (χ0) is 14.7. The molecule has 9 heteroatoms. The van der Waals surface area contributed by atoms with Gasteiger partial charge in [0.15, 0.2) is 5.82 Å². The molecule has 0 unspecified atom stereocenters. The number of nitrogens with zero attached hydrogens (tertiary/aromatic N) is 4. The van der Waals surface area contributed by atoms with Crippen LogP contribution in [-0.2, 0) is 6.54 Å². The molecule has 0 aliphatic carbocycles. The van der Waals surface area contributed by atoms with E-state index in [1.165, 1.54) is 18.1 Å². The Labute approximate surface area is 113 Å². The van der Waals surface area contributed by atoms with E-state index in [1.54, 1.807) is 13.0 Å². The van der Waals surface area contributed by atoms with Crippen LogP contribution in [0.4, 0.5) is 19.4 Å². The van der Waals surface area contributed by atoms with Gasteiger partial charge in [0.05, 0.1) is 6.54 Å². The number of amides is 2. The third kappa shape index (κ3) is 3.11. The second-order valence-electron chi connectivity index (χ2n) is 4.14. The van der Waals surface area contributed by atoms with Crippen LogP contribution in [0.1, 0.15) is 18.1 Å². The van der Waals surface area contributed by atoms with E-state index in [0.717, 1.165) is 6.20 Å². The number of hydrogen-bond acceptors (Lipinski definition) is 4. The fourth-order valence-electron chi connectivity index (χ4n) is 1.56. The van der Waals surface area contributed by atoms with Crippen molar-refractivity contribution >= 4 is 11.8 Å². The number of urea groups is 1. The van der Waals surface area contributed by atoms with Crippen LogP contribution in [-0.4, -0.2) is 32.7 Å². The Hall–Kier alpha value is -2.45. The predicted molar refractivity (Wildman–Crippen MR) is 65.2 cm³/mol. The van der Waals surface area contributed by atoms with Crippen LogP contribution in [0.2, 0.25) is 0 Å². The summed E-state index contributed by atoms with van der Waals surface area (Å²) in [6, 6.07) is 1.05.